The Morgan fingerprint density at radius 1 is 1.39 bits per heavy atom. The van der Waals surface area contributed by atoms with Gasteiger partial charge in [0.15, 0.2) is 0 Å². The summed E-state index contributed by atoms with van der Waals surface area (Å²) < 4.78 is 0. The Kier molecular flexibility index (Phi) is 4.11. The van der Waals surface area contributed by atoms with Gasteiger partial charge in [-0.15, -0.1) is 0 Å². The van der Waals surface area contributed by atoms with E-state index in [0.717, 1.165) is 6.54 Å². The Morgan fingerprint density at radius 2 is 2.17 bits per heavy atom. The van der Waals surface area contributed by atoms with Crippen molar-refractivity contribution in [2.75, 3.05) is 6.54 Å². The number of allylic oxidation sites excluding steroid dienone is 5. The van der Waals surface area contributed by atoms with Crippen LogP contribution in [0, 0.1) is 17.3 Å². The molecule has 0 spiro atoms. The summed E-state index contributed by atoms with van der Waals surface area (Å²) in [7, 11) is 0. The summed E-state index contributed by atoms with van der Waals surface area (Å²) in [5.41, 5.74) is 9.35. The van der Waals surface area contributed by atoms with Crippen molar-refractivity contribution in [3.05, 3.63) is 35.5 Å². The second-order valence-electron chi connectivity index (χ2n) is 6.12. The fraction of sp³-hybridized carbons (Fsp3) is 0.647. The van der Waals surface area contributed by atoms with Gasteiger partial charge in [0.05, 0.1) is 0 Å². The van der Waals surface area contributed by atoms with Crippen LogP contribution in [-0.2, 0) is 0 Å². The van der Waals surface area contributed by atoms with E-state index >= 15 is 0 Å². The summed E-state index contributed by atoms with van der Waals surface area (Å²) >= 11 is 0. The van der Waals surface area contributed by atoms with E-state index in [9.17, 15) is 0 Å². The van der Waals surface area contributed by atoms with Crippen molar-refractivity contribution < 1.29 is 0 Å². The van der Waals surface area contributed by atoms with Crippen LogP contribution in [0.15, 0.2) is 35.5 Å². The first-order valence-corrected chi connectivity index (χ1v) is 7.36. The standard InChI is InChI=1S/C17H27N/c1-4-15-11-14(12-18)8-9-16(15)17(3)10-6-5-7-13(17)2/h5-7,11,14,16H,4,8-10,12,18H2,1-3H3. The minimum absolute atomic E-state index is 0.330. The predicted molar refractivity (Wildman–Crippen MR) is 79.3 cm³/mol. The molecule has 0 aliphatic heterocycles. The highest BCUT2D eigenvalue weighted by Gasteiger charge is 2.38. The topological polar surface area (TPSA) is 26.0 Å². The molecule has 2 aliphatic carbocycles. The van der Waals surface area contributed by atoms with Gasteiger partial charge in [0, 0.05) is 0 Å². The molecule has 0 amide bonds. The van der Waals surface area contributed by atoms with E-state index in [4.69, 9.17) is 5.73 Å². The average molecular weight is 245 g/mol. The van der Waals surface area contributed by atoms with Gasteiger partial charge in [0.1, 0.15) is 0 Å². The molecule has 0 radical (unpaired) electrons. The molecule has 0 saturated heterocycles. The van der Waals surface area contributed by atoms with E-state index in [2.05, 4.69) is 45.1 Å². The maximum atomic E-state index is 5.84. The molecule has 18 heavy (non-hydrogen) atoms. The second-order valence-corrected chi connectivity index (χ2v) is 6.12. The molecule has 1 heteroatoms. The van der Waals surface area contributed by atoms with Crippen LogP contribution < -0.4 is 5.73 Å². The van der Waals surface area contributed by atoms with E-state index in [0.29, 0.717) is 17.3 Å². The van der Waals surface area contributed by atoms with Crippen LogP contribution >= 0.6 is 0 Å². The van der Waals surface area contributed by atoms with Gasteiger partial charge < -0.3 is 5.73 Å². The molecule has 3 unspecified atom stereocenters. The van der Waals surface area contributed by atoms with Gasteiger partial charge in [-0.25, -0.2) is 0 Å². The van der Waals surface area contributed by atoms with Crippen molar-refractivity contribution in [1.29, 1.82) is 0 Å². The fourth-order valence-corrected chi connectivity index (χ4v) is 3.64. The summed E-state index contributed by atoms with van der Waals surface area (Å²) in [5, 5.41) is 0. The molecule has 1 nitrogen and oxygen atoms in total. The van der Waals surface area contributed by atoms with Crippen LogP contribution in [0.5, 0.6) is 0 Å². The number of rotatable bonds is 3. The molecule has 0 bridgehead atoms. The number of hydrogen-bond acceptors (Lipinski definition) is 1. The lowest BCUT2D eigenvalue weighted by atomic mass is 9.61. The lowest BCUT2D eigenvalue weighted by Gasteiger charge is -2.43. The van der Waals surface area contributed by atoms with Crippen LogP contribution in [0.1, 0.15) is 46.5 Å². The first-order chi connectivity index (χ1) is 8.61. The van der Waals surface area contributed by atoms with Crippen molar-refractivity contribution in [3.63, 3.8) is 0 Å². The largest absolute Gasteiger partial charge is 0.330 e. The zero-order valence-electron chi connectivity index (χ0n) is 12.1. The lowest BCUT2D eigenvalue weighted by Crippen LogP contribution is -2.34. The second kappa shape index (κ2) is 5.44. The van der Waals surface area contributed by atoms with Crippen molar-refractivity contribution in [1.82, 2.24) is 0 Å². The molecule has 2 rings (SSSR count). The molecular formula is C17H27N. The Bertz CT molecular complexity index is 388. The summed E-state index contributed by atoms with van der Waals surface area (Å²) in [6, 6.07) is 0. The van der Waals surface area contributed by atoms with Gasteiger partial charge in [-0.1, -0.05) is 49.3 Å². The first kappa shape index (κ1) is 13.6. The van der Waals surface area contributed by atoms with Crippen molar-refractivity contribution in [2.24, 2.45) is 23.0 Å². The van der Waals surface area contributed by atoms with Gasteiger partial charge in [0.25, 0.3) is 0 Å². The van der Waals surface area contributed by atoms with E-state index in [1.54, 1.807) is 11.1 Å². The highest BCUT2D eigenvalue weighted by atomic mass is 14.6. The maximum Gasteiger partial charge on any atom is -0.00141 e. The van der Waals surface area contributed by atoms with E-state index in [1.807, 2.05) is 0 Å². The van der Waals surface area contributed by atoms with Crippen LogP contribution in [0.25, 0.3) is 0 Å². The van der Waals surface area contributed by atoms with E-state index in [-0.39, 0.29) is 0 Å². The third kappa shape index (κ3) is 2.33. The number of hydrogen-bond donors (Lipinski definition) is 1. The molecule has 0 fully saturated rings. The molecule has 0 aromatic heterocycles. The lowest BCUT2D eigenvalue weighted by molar-refractivity contribution is 0.231. The smallest absolute Gasteiger partial charge is 0.00141 e. The Hall–Kier alpha value is -0.820. The van der Waals surface area contributed by atoms with Gasteiger partial charge >= 0.3 is 0 Å². The molecule has 0 aromatic carbocycles. The minimum atomic E-state index is 0.330. The number of nitrogens with two attached hydrogens (primary N) is 1. The van der Waals surface area contributed by atoms with Crippen LogP contribution in [0.3, 0.4) is 0 Å². The quantitative estimate of drug-likeness (QED) is 0.740. The van der Waals surface area contributed by atoms with Crippen molar-refractivity contribution in [3.8, 4) is 0 Å². The zero-order valence-corrected chi connectivity index (χ0v) is 12.1. The van der Waals surface area contributed by atoms with Gasteiger partial charge in [-0.2, -0.15) is 0 Å². The predicted octanol–water partition coefficient (Wildman–Crippen LogP) is 4.22. The molecular weight excluding hydrogens is 218 g/mol. The normalized spacial score (nSPS) is 36.2. The zero-order chi connectivity index (χ0) is 13.2. The highest BCUT2D eigenvalue weighted by Crippen LogP contribution is 2.49. The SMILES string of the molecule is CCC1=CC(CN)CCC1C1(C)CC=CC=C1C. The molecule has 2 N–H and O–H groups in total. The third-order valence-electron chi connectivity index (χ3n) is 5.13. The van der Waals surface area contributed by atoms with E-state index < -0.39 is 0 Å². The van der Waals surface area contributed by atoms with Gasteiger partial charge in [-0.3, -0.25) is 0 Å². The fourth-order valence-electron chi connectivity index (χ4n) is 3.64. The van der Waals surface area contributed by atoms with Crippen molar-refractivity contribution in [2.45, 2.75) is 46.5 Å². The van der Waals surface area contributed by atoms with E-state index in [1.165, 1.54) is 25.7 Å². The van der Waals surface area contributed by atoms with Crippen LogP contribution in [-0.4, -0.2) is 6.54 Å². The highest BCUT2D eigenvalue weighted by molar-refractivity contribution is 5.30. The molecule has 2 aliphatic rings. The van der Waals surface area contributed by atoms with Crippen molar-refractivity contribution >= 4 is 0 Å². The maximum absolute atomic E-state index is 5.84. The van der Waals surface area contributed by atoms with Gasteiger partial charge in [0.2, 0.25) is 0 Å². The summed E-state index contributed by atoms with van der Waals surface area (Å²) in [6.07, 6.45) is 14.2. The third-order valence-corrected chi connectivity index (χ3v) is 5.13. The minimum Gasteiger partial charge on any atom is -0.330 e. The molecule has 0 heterocycles. The van der Waals surface area contributed by atoms with Gasteiger partial charge in [-0.05, 0) is 56.4 Å². The molecule has 0 saturated carbocycles. The first-order valence-electron chi connectivity index (χ1n) is 7.36. The molecule has 100 valence electrons. The Balaban J connectivity index is 2.28. The molecule has 3 atom stereocenters. The summed E-state index contributed by atoms with van der Waals surface area (Å²) in [4.78, 5) is 0. The van der Waals surface area contributed by atoms with Crippen LogP contribution in [0.2, 0.25) is 0 Å². The Labute approximate surface area is 112 Å². The average Bonchev–Trinajstić information content (AvgIpc) is 2.41. The van der Waals surface area contributed by atoms with Crippen LogP contribution in [0.4, 0.5) is 0 Å². The Morgan fingerprint density at radius 3 is 2.78 bits per heavy atom. The molecule has 0 aromatic rings. The summed E-state index contributed by atoms with van der Waals surface area (Å²) in [5.74, 6) is 1.33. The monoisotopic (exact) mass is 245 g/mol. The summed E-state index contributed by atoms with van der Waals surface area (Å²) in [6.45, 7) is 7.84.